The monoisotopic (exact) mass is 497 g/mol. The molecule has 0 radical (unpaired) electrons. The Bertz CT molecular complexity index is 1230. The van der Waals surface area contributed by atoms with Crippen LogP contribution in [0.5, 0.6) is 11.5 Å². The van der Waals surface area contributed by atoms with Gasteiger partial charge in [-0.15, -0.1) is 6.58 Å². The molecule has 3 nitrogen and oxygen atoms in total. The molecule has 0 aliphatic rings. The molecular weight excluding hydrogens is 477 g/mol. The summed E-state index contributed by atoms with van der Waals surface area (Å²) in [5.41, 5.74) is 3.69. The fourth-order valence-electron chi connectivity index (χ4n) is 3.30. The average molecular weight is 499 g/mol. The minimum absolute atomic E-state index is 0.291. The van der Waals surface area contributed by atoms with Crippen molar-refractivity contribution in [3.05, 3.63) is 105 Å². The van der Waals surface area contributed by atoms with Crippen LogP contribution in [0, 0.1) is 11.3 Å². The minimum atomic E-state index is 0.291. The van der Waals surface area contributed by atoms with Gasteiger partial charge in [-0.2, -0.15) is 5.26 Å². The number of nitrogens with zero attached hydrogens (tertiary/aromatic N) is 1. The Hall–Kier alpha value is -2.90. The molecule has 0 N–H and O–H groups in total. The molecule has 3 rings (SSSR count). The maximum absolute atomic E-state index is 9.75. The number of halogens is 3. The van der Waals surface area contributed by atoms with Crippen LogP contribution in [-0.4, -0.2) is 6.61 Å². The molecule has 0 heterocycles. The largest absolute Gasteiger partial charge is 0.490 e. The van der Waals surface area contributed by atoms with Crippen LogP contribution in [0.15, 0.2) is 67.3 Å². The lowest BCUT2D eigenvalue weighted by molar-refractivity contribution is 0.267. The van der Waals surface area contributed by atoms with Gasteiger partial charge in [0.05, 0.1) is 28.3 Å². The summed E-state index contributed by atoms with van der Waals surface area (Å²) in [6, 6.07) is 18.7. The van der Waals surface area contributed by atoms with E-state index in [4.69, 9.17) is 44.3 Å². The fourth-order valence-corrected chi connectivity index (χ4v) is 3.86. The second-order valence-corrected chi connectivity index (χ2v) is 8.34. The molecule has 0 unspecified atom stereocenters. The van der Waals surface area contributed by atoms with Gasteiger partial charge in [0, 0.05) is 16.1 Å². The maximum Gasteiger partial charge on any atom is 0.165 e. The van der Waals surface area contributed by atoms with Crippen molar-refractivity contribution in [2.45, 2.75) is 20.0 Å². The molecule has 3 aromatic rings. The van der Waals surface area contributed by atoms with Crippen molar-refractivity contribution in [3.63, 3.8) is 0 Å². The van der Waals surface area contributed by atoms with Crippen molar-refractivity contribution in [1.29, 1.82) is 5.26 Å². The lowest BCUT2D eigenvalue weighted by Gasteiger charge is -2.17. The highest BCUT2D eigenvalue weighted by Gasteiger charge is 2.15. The van der Waals surface area contributed by atoms with Gasteiger partial charge in [0.15, 0.2) is 11.5 Å². The lowest BCUT2D eigenvalue weighted by Crippen LogP contribution is -2.03. The molecule has 0 aromatic heterocycles. The van der Waals surface area contributed by atoms with Crippen LogP contribution in [0.25, 0.3) is 11.6 Å². The summed E-state index contributed by atoms with van der Waals surface area (Å²) < 4.78 is 12.1. The van der Waals surface area contributed by atoms with E-state index in [1.165, 1.54) is 0 Å². The predicted octanol–water partition coefficient (Wildman–Crippen LogP) is 8.42. The van der Waals surface area contributed by atoms with E-state index in [1.807, 2.05) is 43.3 Å². The van der Waals surface area contributed by atoms with Gasteiger partial charge < -0.3 is 9.47 Å². The molecule has 0 aliphatic heterocycles. The summed E-state index contributed by atoms with van der Waals surface area (Å²) in [6.07, 6.45) is 4.15. The predicted molar refractivity (Wildman–Crippen MR) is 137 cm³/mol. The number of hydrogen-bond donors (Lipinski definition) is 0. The third kappa shape index (κ3) is 6.33. The van der Waals surface area contributed by atoms with Crippen molar-refractivity contribution in [3.8, 4) is 17.6 Å². The van der Waals surface area contributed by atoms with Crippen LogP contribution in [0.4, 0.5) is 0 Å². The van der Waals surface area contributed by atoms with E-state index in [2.05, 4.69) is 12.6 Å². The van der Waals surface area contributed by atoms with Crippen LogP contribution in [0.1, 0.15) is 29.2 Å². The van der Waals surface area contributed by atoms with Crippen LogP contribution in [0.2, 0.25) is 15.1 Å². The van der Waals surface area contributed by atoms with E-state index in [-0.39, 0.29) is 0 Å². The van der Waals surface area contributed by atoms with Crippen LogP contribution >= 0.6 is 34.8 Å². The second kappa shape index (κ2) is 11.8. The summed E-state index contributed by atoms with van der Waals surface area (Å²) in [4.78, 5) is 0. The Balaban J connectivity index is 2.02. The van der Waals surface area contributed by atoms with Crippen molar-refractivity contribution >= 4 is 46.5 Å². The van der Waals surface area contributed by atoms with E-state index in [0.29, 0.717) is 57.3 Å². The third-order valence-electron chi connectivity index (χ3n) is 4.78. The van der Waals surface area contributed by atoms with Gasteiger partial charge in [-0.3, -0.25) is 0 Å². The SMILES string of the molecule is C=CCc1cc(C=C(C#N)c2ccccc2Cl)cc(OCC)c1OCc1ccc(Cl)c(Cl)c1. The zero-order chi connectivity index (χ0) is 23.8. The van der Waals surface area contributed by atoms with Crippen molar-refractivity contribution < 1.29 is 9.47 Å². The summed E-state index contributed by atoms with van der Waals surface area (Å²) in [6.45, 7) is 6.52. The number of hydrogen-bond acceptors (Lipinski definition) is 3. The van der Waals surface area contributed by atoms with E-state index < -0.39 is 0 Å². The van der Waals surface area contributed by atoms with E-state index >= 15 is 0 Å². The number of nitriles is 1. The highest BCUT2D eigenvalue weighted by molar-refractivity contribution is 6.42. The first-order valence-corrected chi connectivity index (χ1v) is 11.4. The van der Waals surface area contributed by atoms with Crippen molar-refractivity contribution in [1.82, 2.24) is 0 Å². The smallest absolute Gasteiger partial charge is 0.165 e. The standard InChI is InChI=1S/C27H22Cl3NO2/c1-3-7-20-12-19(13-21(16-31)22-8-5-6-9-23(22)28)15-26(32-4-2)27(20)33-17-18-10-11-24(29)25(30)14-18/h3,5-6,8-15H,1,4,7,17H2,2H3. The number of ether oxygens (including phenoxy) is 2. The molecule has 0 bridgehead atoms. The minimum Gasteiger partial charge on any atom is -0.490 e. The Morgan fingerprint density at radius 1 is 1.00 bits per heavy atom. The number of benzene rings is 3. The Kier molecular flexibility index (Phi) is 8.86. The first-order chi connectivity index (χ1) is 16.0. The average Bonchev–Trinajstić information content (AvgIpc) is 2.80. The number of rotatable bonds is 9. The van der Waals surface area contributed by atoms with Crippen LogP contribution in [-0.2, 0) is 13.0 Å². The van der Waals surface area contributed by atoms with Gasteiger partial charge in [0.1, 0.15) is 6.61 Å². The van der Waals surface area contributed by atoms with Crippen molar-refractivity contribution in [2.75, 3.05) is 6.61 Å². The number of allylic oxidation sites excluding steroid dienone is 2. The third-order valence-corrected chi connectivity index (χ3v) is 5.85. The highest BCUT2D eigenvalue weighted by Crippen LogP contribution is 2.36. The molecule has 0 saturated carbocycles. The van der Waals surface area contributed by atoms with Gasteiger partial charge in [-0.1, -0.05) is 65.1 Å². The molecule has 168 valence electrons. The summed E-state index contributed by atoms with van der Waals surface area (Å²) in [7, 11) is 0. The Morgan fingerprint density at radius 2 is 1.79 bits per heavy atom. The summed E-state index contributed by atoms with van der Waals surface area (Å²) >= 11 is 18.5. The molecular formula is C27H22Cl3NO2. The normalized spacial score (nSPS) is 11.1. The van der Waals surface area contributed by atoms with Crippen LogP contribution in [0.3, 0.4) is 0 Å². The molecule has 0 spiro atoms. The van der Waals surface area contributed by atoms with Gasteiger partial charge in [0.25, 0.3) is 0 Å². The molecule has 0 saturated heterocycles. The fraction of sp³-hybridized carbons (Fsp3) is 0.148. The molecule has 3 aromatic carbocycles. The topological polar surface area (TPSA) is 42.2 Å². The lowest BCUT2D eigenvalue weighted by atomic mass is 10.0. The zero-order valence-corrected chi connectivity index (χ0v) is 20.3. The van der Waals surface area contributed by atoms with Gasteiger partial charge in [-0.05, 0) is 60.9 Å². The van der Waals surface area contributed by atoms with Gasteiger partial charge in [-0.25, -0.2) is 0 Å². The first kappa shape index (κ1) is 24.7. The quantitative estimate of drug-likeness (QED) is 0.169. The van der Waals surface area contributed by atoms with Gasteiger partial charge >= 0.3 is 0 Å². The zero-order valence-electron chi connectivity index (χ0n) is 18.1. The summed E-state index contributed by atoms with van der Waals surface area (Å²) in [5.74, 6) is 1.20. The molecule has 0 fully saturated rings. The molecule has 33 heavy (non-hydrogen) atoms. The second-order valence-electron chi connectivity index (χ2n) is 7.12. The maximum atomic E-state index is 9.75. The molecule has 6 heteroatoms. The van der Waals surface area contributed by atoms with E-state index in [9.17, 15) is 5.26 Å². The highest BCUT2D eigenvalue weighted by atomic mass is 35.5. The Labute approximate surface area is 209 Å². The molecule has 0 amide bonds. The summed E-state index contributed by atoms with van der Waals surface area (Å²) in [5, 5.41) is 11.2. The van der Waals surface area contributed by atoms with Crippen LogP contribution < -0.4 is 9.47 Å². The van der Waals surface area contributed by atoms with Gasteiger partial charge in [0.2, 0.25) is 0 Å². The first-order valence-electron chi connectivity index (χ1n) is 10.3. The van der Waals surface area contributed by atoms with Crippen molar-refractivity contribution in [2.24, 2.45) is 0 Å². The molecule has 0 aliphatic carbocycles. The van der Waals surface area contributed by atoms with E-state index in [1.54, 1.807) is 30.4 Å². The van der Waals surface area contributed by atoms with E-state index in [0.717, 1.165) is 16.7 Å². The Morgan fingerprint density at radius 3 is 2.45 bits per heavy atom. The molecule has 0 atom stereocenters.